The lowest BCUT2D eigenvalue weighted by Crippen LogP contribution is -2.21. The van der Waals surface area contributed by atoms with Gasteiger partial charge in [0, 0.05) is 24.0 Å². The molecular formula is C16H18N2O4. The number of rotatable bonds is 5. The van der Waals surface area contributed by atoms with E-state index >= 15 is 0 Å². The minimum atomic E-state index is -0.614. The van der Waals surface area contributed by atoms with Gasteiger partial charge in [0.1, 0.15) is 5.75 Å². The second-order valence-electron chi connectivity index (χ2n) is 4.93. The summed E-state index contributed by atoms with van der Waals surface area (Å²) in [5.74, 6) is -1.19. The normalized spacial score (nSPS) is 11.9. The van der Waals surface area contributed by atoms with Gasteiger partial charge in [0.05, 0.1) is 18.6 Å². The number of ether oxygens (including phenoxy) is 1. The van der Waals surface area contributed by atoms with Crippen LogP contribution in [0.3, 0.4) is 0 Å². The minimum Gasteiger partial charge on any atom is -0.507 e. The Hall–Kier alpha value is -2.63. The van der Waals surface area contributed by atoms with Crippen molar-refractivity contribution < 1.29 is 14.6 Å². The Bertz CT molecular complexity index is 710. The number of nitrogens with zero attached hydrogens (tertiary/aromatic N) is 1. The third-order valence-corrected chi connectivity index (χ3v) is 3.30. The Kier molecular flexibility index (Phi) is 4.93. The van der Waals surface area contributed by atoms with Crippen LogP contribution in [-0.2, 0) is 9.53 Å². The second-order valence-corrected chi connectivity index (χ2v) is 4.93. The fraction of sp³-hybridized carbons (Fsp3) is 0.312. The van der Waals surface area contributed by atoms with Crippen LogP contribution in [0, 0.1) is 6.92 Å². The highest BCUT2D eigenvalue weighted by Gasteiger charge is 2.25. The Balaban J connectivity index is 2.50. The van der Waals surface area contributed by atoms with Gasteiger partial charge in [-0.3, -0.25) is 14.6 Å². The third-order valence-electron chi connectivity index (χ3n) is 3.30. The van der Waals surface area contributed by atoms with Crippen LogP contribution in [-0.4, -0.2) is 27.7 Å². The van der Waals surface area contributed by atoms with Crippen molar-refractivity contribution in [3.8, 4) is 5.75 Å². The van der Waals surface area contributed by atoms with Crippen molar-refractivity contribution in [1.82, 2.24) is 9.97 Å². The maximum absolute atomic E-state index is 12.2. The van der Waals surface area contributed by atoms with Gasteiger partial charge >= 0.3 is 5.97 Å². The van der Waals surface area contributed by atoms with Gasteiger partial charge in [0.25, 0.3) is 5.56 Å². The number of carbonyl (C=O) groups excluding carboxylic acids is 1. The summed E-state index contributed by atoms with van der Waals surface area (Å²) in [6, 6.07) is 4.94. The molecule has 0 spiro atoms. The molecule has 2 aromatic rings. The van der Waals surface area contributed by atoms with Gasteiger partial charge in [-0.1, -0.05) is 6.07 Å². The molecule has 0 aliphatic rings. The lowest BCUT2D eigenvalue weighted by Gasteiger charge is -2.17. The molecule has 6 nitrogen and oxygen atoms in total. The van der Waals surface area contributed by atoms with Crippen molar-refractivity contribution in [2.75, 3.05) is 6.61 Å². The summed E-state index contributed by atoms with van der Waals surface area (Å²) < 4.78 is 4.97. The zero-order valence-electron chi connectivity index (χ0n) is 12.5. The number of H-pyrrole nitrogens is 1. The maximum atomic E-state index is 12.2. The van der Waals surface area contributed by atoms with Crippen LogP contribution in [0.2, 0.25) is 0 Å². The number of aromatic hydroxyl groups is 1. The average Bonchev–Trinajstić information content (AvgIpc) is 2.46. The molecule has 2 aromatic heterocycles. The average molecular weight is 302 g/mol. The van der Waals surface area contributed by atoms with E-state index in [1.807, 2.05) is 0 Å². The molecule has 0 saturated heterocycles. The Labute approximate surface area is 127 Å². The highest BCUT2D eigenvalue weighted by Crippen LogP contribution is 2.31. The Morgan fingerprint density at radius 2 is 2.27 bits per heavy atom. The summed E-state index contributed by atoms with van der Waals surface area (Å²) in [6.45, 7) is 3.65. The molecule has 0 aromatic carbocycles. The van der Waals surface area contributed by atoms with E-state index in [0.717, 1.165) is 0 Å². The van der Waals surface area contributed by atoms with Crippen molar-refractivity contribution in [2.45, 2.75) is 26.2 Å². The lowest BCUT2D eigenvalue weighted by molar-refractivity contribution is -0.143. The lowest BCUT2D eigenvalue weighted by atomic mass is 9.89. The number of carbonyl (C=O) groups is 1. The van der Waals surface area contributed by atoms with Gasteiger partial charge in [-0.15, -0.1) is 0 Å². The first-order valence-electron chi connectivity index (χ1n) is 7.01. The number of aryl methyl sites for hydroxylation is 1. The molecule has 6 heteroatoms. The van der Waals surface area contributed by atoms with Gasteiger partial charge < -0.3 is 14.8 Å². The molecule has 2 rings (SSSR count). The molecule has 1 atom stereocenters. The molecule has 116 valence electrons. The van der Waals surface area contributed by atoms with Crippen molar-refractivity contribution >= 4 is 5.97 Å². The SMILES string of the molecule is CCOC(=O)CC(c1cccnc1)c1c(O)cc(C)[nH]c1=O. The van der Waals surface area contributed by atoms with Gasteiger partial charge in [0.2, 0.25) is 0 Å². The van der Waals surface area contributed by atoms with E-state index in [1.54, 1.807) is 38.4 Å². The number of esters is 1. The Morgan fingerprint density at radius 3 is 2.86 bits per heavy atom. The van der Waals surface area contributed by atoms with Crippen LogP contribution in [0.25, 0.3) is 0 Å². The molecule has 2 heterocycles. The third kappa shape index (κ3) is 3.52. The van der Waals surface area contributed by atoms with Crippen LogP contribution in [0.1, 0.15) is 36.1 Å². The van der Waals surface area contributed by atoms with Crippen molar-refractivity contribution in [1.29, 1.82) is 0 Å². The zero-order chi connectivity index (χ0) is 16.1. The molecule has 0 fully saturated rings. The van der Waals surface area contributed by atoms with E-state index in [9.17, 15) is 14.7 Å². The smallest absolute Gasteiger partial charge is 0.306 e. The van der Waals surface area contributed by atoms with Gasteiger partial charge in [0.15, 0.2) is 0 Å². The number of hydrogen-bond donors (Lipinski definition) is 2. The second kappa shape index (κ2) is 6.89. The largest absolute Gasteiger partial charge is 0.507 e. The summed E-state index contributed by atoms with van der Waals surface area (Å²) in [5, 5.41) is 10.2. The van der Waals surface area contributed by atoms with Gasteiger partial charge in [-0.05, 0) is 31.5 Å². The molecule has 0 aliphatic heterocycles. The molecular weight excluding hydrogens is 284 g/mol. The maximum Gasteiger partial charge on any atom is 0.306 e. The van der Waals surface area contributed by atoms with Crippen LogP contribution in [0.5, 0.6) is 5.75 Å². The fourth-order valence-corrected chi connectivity index (χ4v) is 2.37. The molecule has 2 N–H and O–H groups in total. The standard InChI is InChI=1S/C16H18N2O4/c1-3-22-14(20)8-12(11-5-4-6-17-9-11)15-13(19)7-10(2)18-16(15)21/h4-7,9,12H,3,8H2,1-2H3,(H2,18,19,21). The summed E-state index contributed by atoms with van der Waals surface area (Å²) >= 11 is 0. The van der Waals surface area contributed by atoms with Crippen LogP contribution >= 0.6 is 0 Å². The number of nitrogens with one attached hydrogen (secondary N) is 1. The molecule has 1 unspecified atom stereocenters. The zero-order valence-corrected chi connectivity index (χ0v) is 12.5. The molecule has 0 radical (unpaired) electrons. The van der Waals surface area contributed by atoms with E-state index in [-0.39, 0.29) is 24.3 Å². The van der Waals surface area contributed by atoms with Crippen LogP contribution < -0.4 is 5.56 Å². The minimum absolute atomic E-state index is 0.0424. The topological polar surface area (TPSA) is 92.3 Å². The molecule has 0 amide bonds. The number of pyridine rings is 2. The quantitative estimate of drug-likeness (QED) is 0.823. The first-order chi connectivity index (χ1) is 10.5. The molecule has 0 saturated carbocycles. The van der Waals surface area contributed by atoms with E-state index < -0.39 is 17.4 Å². The monoisotopic (exact) mass is 302 g/mol. The molecule has 0 bridgehead atoms. The number of hydrogen-bond acceptors (Lipinski definition) is 5. The van der Waals surface area contributed by atoms with Crippen LogP contribution in [0.4, 0.5) is 0 Å². The van der Waals surface area contributed by atoms with E-state index in [1.165, 1.54) is 6.07 Å². The van der Waals surface area contributed by atoms with E-state index in [2.05, 4.69) is 9.97 Å². The van der Waals surface area contributed by atoms with Crippen molar-refractivity contribution in [2.24, 2.45) is 0 Å². The molecule has 22 heavy (non-hydrogen) atoms. The predicted molar refractivity (Wildman–Crippen MR) is 80.8 cm³/mol. The van der Waals surface area contributed by atoms with Gasteiger partial charge in [-0.2, -0.15) is 0 Å². The van der Waals surface area contributed by atoms with Crippen molar-refractivity contribution in [3.05, 3.63) is 57.8 Å². The highest BCUT2D eigenvalue weighted by molar-refractivity contribution is 5.71. The molecule has 0 aliphatic carbocycles. The van der Waals surface area contributed by atoms with Gasteiger partial charge in [-0.25, -0.2) is 0 Å². The van der Waals surface area contributed by atoms with Crippen molar-refractivity contribution in [3.63, 3.8) is 0 Å². The van der Waals surface area contributed by atoms with Crippen LogP contribution in [0.15, 0.2) is 35.4 Å². The summed E-state index contributed by atoms with van der Waals surface area (Å²) in [4.78, 5) is 30.7. The number of aromatic nitrogens is 2. The fourth-order valence-electron chi connectivity index (χ4n) is 2.37. The summed E-state index contributed by atoms with van der Waals surface area (Å²) in [7, 11) is 0. The predicted octanol–water partition coefficient (Wildman–Crippen LogP) is 1.87. The first-order valence-corrected chi connectivity index (χ1v) is 7.01. The number of aromatic amines is 1. The van der Waals surface area contributed by atoms with E-state index in [4.69, 9.17) is 4.74 Å². The van der Waals surface area contributed by atoms with E-state index in [0.29, 0.717) is 11.3 Å². The highest BCUT2D eigenvalue weighted by atomic mass is 16.5. The first kappa shape index (κ1) is 15.8. The summed E-state index contributed by atoms with van der Waals surface area (Å²) in [6.07, 6.45) is 3.13. The Morgan fingerprint density at radius 1 is 1.50 bits per heavy atom. The summed E-state index contributed by atoms with van der Waals surface area (Å²) in [5.41, 5.74) is 0.940.